The third-order valence-corrected chi connectivity index (χ3v) is 4.29. The fourth-order valence-corrected chi connectivity index (χ4v) is 3.22. The van der Waals surface area contributed by atoms with Crippen LogP contribution in [0.15, 0.2) is 18.2 Å². The largest absolute Gasteiger partial charge is 0.444 e. The topological polar surface area (TPSA) is 58.6 Å². The second-order valence-electron chi connectivity index (χ2n) is 7.24. The summed E-state index contributed by atoms with van der Waals surface area (Å²) in [5, 5.41) is 2.95. The van der Waals surface area contributed by atoms with Crippen LogP contribution in [0.1, 0.15) is 38.3 Å². The van der Waals surface area contributed by atoms with E-state index in [0.717, 1.165) is 16.8 Å². The zero-order valence-electron chi connectivity index (χ0n) is 13.5. The monoisotopic (exact) mass is 302 g/mol. The Bertz CT molecular complexity index is 648. The molecule has 1 atom stereocenters. The lowest BCUT2D eigenvalue weighted by molar-refractivity contribution is -0.120. The van der Waals surface area contributed by atoms with Crippen LogP contribution >= 0.6 is 0 Å². The highest BCUT2D eigenvalue weighted by Gasteiger charge is 2.52. The number of benzene rings is 1. The number of rotatable bonds is 0. The average molecular weight is 302 g/mol. The van der Waals surface area contributed by atoms with Crippen molar-refractivity contribution in [3.05, 3.63) is 29.3 Å². The van der Waals surface area contributed by atoms with Gasteiger partial charge in [0.05, 0.1) is 5.41 Å². The van der Waals surface area contributed by atoms with Crippen LogP contribution in [0.2, 0.25) is 0 Å². The van der Waals surface area contributed by atoms with Crippen LogP contribution in [0.25, 0.3) is 0 Å². The van der Waals surface area contributed by atoms with Gasteiger partial charge in [-0.25, -0.2) is 4.79 Å². The van der Waals surface area contributed by atoms with Gasteiger partial charge in [-0.1, -0.05) is 17.7 Å². The summed E-state index contributed by atoms with van der Waals surface area (Å²) in [4.78, 5) is 26.4. The fraction of sp³-hybridized carbons (Fsp3) is 0.529. The van der Waals surface area contributed by atoms with E-state index >= 15 is 0 Å². The minimum Gasteiger partial charge on any atom is -0.444 e. The molecule has 2 heterocycles. The first-order chi connectivity index (χ1) is 10.2. The van der Waals surface area contributed by atoms with Crippen molar-refractivity contribution in [2.45, 2.75) is 45.1 Å². The molecule has 2 amide bonds. The molecular weight excluding hydrogens is 280 g/mol. The smallest absolute Gasteiger partial charge is 0.410 e. The van der Waals surface area contributed by atoms with Crippen LogP contribution < -0.4 is 5.32 Å². The third kappa shape index (κ3) is 2.34. The van der Waals surface area contributed by atoms with Crippen molar-refractivity contribution in [3.63, 3.8) is 0 Å². The highest BCUT2D eigenvalue weighted by molar-refractivity contribution is 6.07. The van der Waals surface area contributed by atoms with Crippen LogP contribution in [0, 0.1) is 6.92 Å². The third-order valence-electron chi connectivity index (χ3n) is 4.29. The van der Waals surface area contributed by atoms with Crippen molar-refractivity contribution in [1.29, 1.82) is 0 Å². The SMILES string of the molecule is Cc1ccc2c(c1)[C@]1(CCN(C(=O)OC(C)(C)C)C1)C(=O)N2. The molecule has 1 saturated heterocycles. The Morgan fingerprint density at radius 3 is 2.77 bits per heavy atom. The highest BCUT2D eigenvalue weighted by Crippen LogP contribution is 2.44. The van der Waals surface area contributed by atoms with Gasteiger partial charge in [-0.15, -0.1) is 0 Å². The van der Waals surface area contributed by atoms with E-state index in [1.54, 1.807) is 4.90 Å². The molecule has 0 unspecified atom stereocenters. The summed E-state index contributed by atoms with van der Waals surface area (Å²) in [5.41, 5.74) is 1.83. The molecule has 0 aromatic heterocycles. The number of aryl methyl sites for hydroxylation is 1. The Morgan fingerprint density at radius 2 is 2.09 bits per heavy atom. The Hall–Kier alpha value is -2.04. The van der Waals surface area contributed by atoms with E-state index in [-0.39, 0.29) is 12.0 Å². The lowest BCUT2D eigenvalue weighted by Gasteiger charge is -2.26. The minimum atomic E-state index is -0.627. The Kier molecular flexibility index (Phi) is 3.20. The molecule has 5 nitrogen and oxygen atoms in total. The molecule has 1 N–H and O–H groups in total. The van der Waals surface area contributed by atoms with Gasteiger partial charge in [0.2, 0.25) is 5.91 Å². The molecule has 3 rings (SSSR count). The minimum absolute atomic E-state index is 0.0147. The molecule has 1 aromatic rings. The van der Waals surface area contributed by atoms with Crippen molar-refractivity contribution < 1.29 is 14.3 Å². The van der Waals surface area contributed by atoms with Crippen LogP contribution in [0.5, 0.6) is 0 Å². The van der Waals surface area contributed by atoms with Crippen molar-refractivity contribution in [3.8, 4) is 0 Å². The van der Waals surface area contributed by atoms with Crippen molar-refractivity contribution in [2.24, 2.45) is 0 Å². The Balaban J connectivity index is 1.87. The quantitative estimate of drug-likeness (QED) is 0.801. The molecule has 0 saturated carbocycles. The summed E-state index contributed by atoms with van der Waals surface area (Å²) in [6, 6.07) is 5.97. The molecule has 2 aliphatic rings. The second-order valence-corrected chi connectivity index (χ2v) is 7.24. The number of hydrogen-bond donors (Lipinski definition) is 1. The van der Waals surface area contributed by atoms with E-state index in [9.17, 15) is 9.59 Å². The molecule has 0 radical (unpaired) electrons. The lowest BCUT2D eigenvalue weighted by Crippen LogP contribution is -2.41. The van der Waals surface area contributed by atoms with Gasteiger partial charge in [0.1, 0.15) is 5.60 Å². The number of carbonyl (C=O) groups is 2. The maximum atomic E-state index is 12.5. The lowest BCUT2D eigenvalue weighted by atomic mass is 9.80. The fourth-order valence-electron chi connectivity index (χ4n) is 3.22. The first-order valence-corrected chi connectivity index (χ1v) is 7.62. The van der Waals surface area contributed by atoms with E-state index in [1.807, 2.05) is 45.9 Å². The number of hydrogen-bond acceptors (Lipinski definition) is 3. The number of amides is 2. The van der Waals surface area contributed by atoms with E-state index in [4.69, 9.17) is 4.74 Å². The van der Waals surface area contributed by atoms with Gasteiger partial charge >= 0.3 is 6.09 Å². The van der Waals surface area contributed by atoms with Crippen molar-refractivity contribution in [1.82, 2.24) is 4.90 Å². The van der Waals surface area contributed by atoms with Crippen molar-refractivity contribution in [2.75, 3.05) is 18.4 Å². The van der Waals surface area contributed by atoms with Gasteiger partial charge in [-0.05, 0) is 45.7 Å². The number of nitrogens with zero attached hydrogens (tertiary/aromatic N) is 1. The molecule has 5 heteroatoms. The summed E-state index contributed by atoms with van der Waals surface area (Å²) >= 11 is 0. The number of likely N-dealkylation sites (tertiary alicyclic amines) is 1. The van der Waals surface area contributed by atoms with Crippen molar-refractivity contribution >= 4 is 17.7 Å². The molecular formula is C17H22N2O3. The Labute approximate surface area is 130 Å². The normalized spacial score (nSPS) is 23.6. The number of ether oxygens (including phenoxy) is 1. The Morgan fingerprint density at radius 1 is 1.36 bits per heavy atom. The number of carbonyl (C=O) groups excluding carboxylic acids is 2. The summed E-state index contributed by atoms with van der Waals surface area (Å²) in [7, 11) is 0. The zero-order chi connectivity index (χ0) is 16.1. The summed E-state index contributed by atoms with van der Waals surface area (Å²) < 4.78 is 5.43. The summed E-state index contributed by atoms with van der Waals surface area (Å²) in [6.07, 6.45) is 0.285. The molecule has 1 spiro atoms. The van der Waals surface area contributed by atoms with Gasteiger partial charge in [0.15, 0.2) is 0 Å². The average Bonchev–Trinajstić information content (AvgIpc) is 2.94. The van der Waals surface area contributed by atoms with Gasteiger partial charge in [0, 0.05) is 18.8 Å². The van der Waals surface area contributed by atoms with E-state index < -0.39 is 11.0 Å². The summed E-state index contributed by atoms with van der Waals surface area (Å²) in [5.74, 6) is -0.0147. The molecule has 0 bridgehead atoms. The maximum Gasteiger partial charge on any atom is 0.410 e. The second kappa shape index (κ2) is 4.73. The molecule has 22 heavy (non-hydrogen) atoms. The van der Waals surface area contributed by atoms with Gasteiger partial charge < -0.3 is 15.0 Å². The van der Waals surface area contributed by atoms with Crippen LogP contribution in [-0.2, 0) is 14.9 Å². The molecule has 0 aliphatic carbocycles. The van der Waals surface area contributed by atoms with Crippen LogP contribution in [0.3, 0.4) is 0 Å². The van der Waals surface area contributed by atoms with Gasteiger partial charge in [-0.2, -0.15) is 0 Å². The van der Waals surface area contributed by atoms with Crippen LogP contribution in [-0.4, -0.2) is 35.6 Å². The number of anilines is 1. The van der Waals surface area contributed by atoms with Gasteiger partial charge in [-0.3, -0.25) is 4.79 Å². The van der Waals surface area contributed by atoms with E-state index in [2.05, 4.69) is 5.32 Å². The predicted octanol–water partition coefficient (Wildman–Crippen LogP) is 2.83. The molecule has 118 valence electrons. The van der Waals surface area contributed by atoms with Crippen LogP contribution in [0.4, 0.5) is 10.5 Å². The van der Waals surface area contributed by atoms with E-state index in [0.29, 0.717) is 19.5 Å². The molecule has 1 fully saturated rings. The predicted molar refractivity (Wildman–Crippen MR) is 83.9 cm³/mol. The molecule has 1 aromatic carbocycles. The first-order valence-electron chi connectivity index (χ1n) is 7.62. The standard InChI is InChI=1S/C17H22N2O3/c1-11-5-6-13-12(9-11)17(14(20)18-13)7-8-19(10-17)15(21)22-16(2,3)4/h5-6,9H,7-8,10H2,1-4H3,(H,18,20)/t17-/m1/s1. The molecule has 2 aliphatic heterocycles. The highest BCUT2D eigenvalue weighted by atomic mass is 16.6. The number of nitrogens with one attached hydrogen (secondary N) is 1. The van der Waals surface area contributed by atoms with E-state index in [1.165, 1.54) is 0 Å². The van der Waals surface area contributed by atoms with Gasteiger partial charge in [0.25, 0.3) is 0 Å². The summed E-state index contributed by atoms with van der Waals surface area (Å²) in [6.45, 7) is 8.46. The first kappa shape index (κ1) is 14.9. The number of fused-ring (bicyclic) bond motifs is 2. The maximum absolute atomic E-state index is 12.5. The zero-order valence-corrected chi connectivity index (χ0v) is 13.5.